The van der Waals surface area contributed by atoms with E-state index in [0.29, 0.717) is 24.5 Å². The van der Waals surface area contributed by atoms with E-state index < -0.39 is 0 Å². The third-order valence-electron chi connectivity index (χ3n) is 8.34. The molecule has 3 rings (SSSR count). The lowest BCUT2D eigenvalue weighted by Crippen LogP contribution is -2.47. The molecule has 1 heterocycles. The quantitative estimate of drug-likeness (QED) is 0.531. The first-order valence-electron chi connectivity index (χ1n) is 14.9. The van der Waals surface area contributed by atoms with Crippen molar-refractivity contribution in [2.24, 2.45) is 11.8 Å². The van der Waals surface area contributed by atoms with Crippen LogP contribution in [0, 0.1) is 11.8 Å². The Kier molecular flexibility index (Phi) is 12.2. The van der Waals surface area contributed by atoms with Crippen molar-refractivity contribution in [2.45, 2.75) is 90.4 Å². The van der Waals surface area contributed by atoms with Gasteiger partial charge in [-0.1, -0.05) is 26.2 Å². The molecule has 1 saturated carbocycles. The number of aliphatic hydroxyl groups is 1. The number of benzene rings is 1. The van der Waals surface area contributed by atoms with E-state index in [9.17, 15) is 9.90 Å². The molecule has 216 valence electrons. The molecule has 0 bridgehead atoms. The molecule has 1 amide bonds. The lowest BCUT2D eigenvalue weighted by atomic mass is 9.89. The zero-order valence-corrected chi connectivity index (χ0v) is 24.8. The number of rotatable bonds is 7. The van der Waals surface area contributed by atoms with Crippen LogP contribution in [0.1, 0.15) is 82.5 Å². The second-order valence-corrected chi connectivity index (χ2v) is 12.1. The van der Waals surface area contributed by atoms with Crippen LogP contribution in [0.5, 0.6) is 5.75 Å². The highest BCUT2D eigenvalue weighted by Gasteiger charge is 2.30. The molecule has 1 aliphatic carbocycles. The number of fused-ring (bicyclic) bond motifs is 1. The van der Waals surface area contributed by atoms with Crippen LogP contribution in [0.4, 0.5) is 5.69 Å². The van der Waals surface area contributed by atoms with Crippen molar-refractivity contribution < 1.29 is 19.4 Å². The molecule has 1 aliphatic heterocycles. The first-order valence-corrected chi connectivity index (χ1v) is 14.9. The molecule has 38 heavy (non-hydrogen) atoms. The van der Waals surface area contributed by atoms with Crippen molar-refractivity contribution in [2.75, 3.05) is 58.9 Å². The number of ether oxygens (including phenoxy) is 2. The number of carbonyl (C=O) groups is 1. The predicted octanol–water partition coefficient (Wildman–Crippen LogP) is 5.06. The van der Waals surface area contributed by atoms with Gasteiger partial charge in [-0.15, -0.1) is 0 Å². The number of amides is 1. The largest absolute Gasteiger partial charge is 0.490 e. The number of carbonyl (C=O) groups excluding carboxylic acids is 1. The summed E-state index contributed by atoms with van der Waals surface area (Å²) in [5.41, 5.74) is 1.50. The Labute approximate surface area is 231 Å². The van der Waals surface area contributed by atoms with Crippen LogP contribution in [0.15, 0.2) is 18.2 Å². The third-order valence-corrected chi connectivity index (χ3v) is 8.34. The average molecular weight is 532 g/mol. The summed E-state index contributed by atoms with van der Waals surface area (Å²) < 4.78 is 12.8. The lowest BCUT2D eigenvalue weighted by molar-refractivity contribution is -0.0190. The van der Waals surface area contributed by atoms with E-state index in [4.69, 9.17) is 9.47 Å². The van der Waals surface area contributed by atoms with E-state index in [1.807, 2.05) is 49.0 Å². The van der Waals surface area contributed by atoms with Gasteiger partial charge in [-0.2, -0.15) is 0 Å². The van der Waals surface area contributed by atoms with Crippen molar-refractivity contribution >= 4 is 11.6 Å². The fourth-order valence-electron chi connectivity index (χ4n) is 5.84. The van der Waals surface area contributed by atoms with Crippen molar-refractivity contribution in [1.82, 2.24) is 9.80 Å². The van der Waals surface area contributed by atoms with Gasteiger partial charge in [-0.05, 0) is 77.1 Å². The number of likely N-dealkylation sites (N-methyl/N-ethyl adjacent to an activating group) is 1. The Bertz CT molecular complexity index is 858. The van der Waals surface area contributed by atoms with Gasteiger partial charge in [0.15, 0.2) is 0 Å². The molecule has 0 aromatic heterocycles. The van der Waals surface area contributed by atoms with Crippen LogP contribution in [0.25, 0.3) is 0 Å². The molecule has 0 spiro atoms. The van der Waals surface area contributed by atoms with Crippen LogP contribution in [-0.2, 0) is 4.74 Å². The average Bonchev–Trinajstić information content (AvgIpc) is 2.90. The molecule has 0 saturated heterocycles. The Morgan fingerprint density at radius 2 is 1.74 bits per heavy atom. The van der Waals surface area contributed by atoms with Gasteiger partial charge in [0.05, 0.1) is 30.4 Å². The van der Waals surface area contributed by atoms with Crippen molar-refractivity contribution in [3.63, 3.8) is 0 Å². The minimum Gasteiger partial charge on any atom is -0.490 e. The highest BCUT2D eigenvalue weighted by atomic mass is 16.5. The summed E-state index contributed by atoms with van der Waals surface area (Å²) in [6.07, 6.45) is 9.67. The van der Waals surface area contributed by atoms with E-state index in [1.165, 1.54) is 32.1 Å². The summed E-state index contributed by atoms with van der Waals surface area (Å²) in [6, 6.07) is 5.52. The Hall–Kier alpha value is -1.83. The van der Waals surface area contributed by atoms with Crippen molar-refractivity contribution in [3.8, 4) is 5.75 Å². The molecule has 1 fully saturated rings. The summed E-state index contributed by atoms with van der Waals surface area (Å²) in [7, 11) is 6.16. The van der Waals surface area contributed by atoms with Crippen molar-refractivity contribution in [1.29, 1.82) is 0 Å². The summed E-state index contributed by atoms with van der Waals surface area (Å²) in [5, 5.41) is 10.1. The minimum absolute atomic E-state index is 0.00485. The molecule has 7 heteroatoms. The van der Waals surface area contributed by atoms with Crippen molar-refractivity contribution in [3.05, 3.63) is 23.8 Å². The highest BCUT2D eigenvalue weighted by molar-refractivity contribution is 5.98. The summed E-state index contributed by atoms with van der Waals surface area (Å²) in [5.74, 6) is 1.41. The summed E-state index contributed by atoms with van der Waals surface area (Å²) in [6.45, 7) is 9.27. The molecule has 2 aliphatic rings. The number of aliphatic hydroxyl groups excluding tert-OH is 1. The number of hydrogen-bond acceptors (Lipinski definition) is 6. The topological polar surface area (TPSA) is 65.5 Å². The minimum atomic E-state index is -0.313. The number of hydrogen-bond donors (Lipinski definition) is 1. The van der Waals surface area contributed by atoms with Gasteiger partial charge in [-0.25, -0.2) is 0 Å². The molecule has 1 aromatic carbocycles. The molecule has 7 nitrogen and oxygen atoms in total. The number of anilines is 1. The van der Waals surface area contributed by atoms with E-state index >= 15 is 0 Å². The maximum Gasteiger partial charge on any atom is 0.258 e. The normalized spacial score (nSPS) is 25.4. The highest BCUT2D eigenvalue weighted by Crippen LogP contribution is 2.29. The number of nitrogens with zero attached hydrogens (tertiary/aromatic N) is 3. The third kappa shape index (κ3) is 8.85. The van der Waals surface area contributed by atoms with E-state index in [-0.39, 0.29) is 36.7 Å². The summed E-state index contributed by atoms with van der Waals surface area (Å²) >= 11 is 0. The molecule has 0 radical (unpaired) electrons. The van der Waals surface area contributed by atoms with Gasteiger partial charge in [0.25, 0.3) is 5.91 Å². The molecule has 4 atom stereocenters. The smallest absolute Gasteiger partial charge is 0.258 e. The Balaban J connectivity index is 1.86. The van der Waals surface area contributed by atoms with Crippen LogP contribution >= 0.6 is 0 Å². The van der Waals surface area contributed by atoms with Gasteiger partial charge in [0.2, 0.25) is 0 Å². The zero-order chi connectivity index (χ0) is 27.7. The molecule has 1 aromatic rings. The van der Waals surface area contributed by atoms with E-state index in [1.54, 1.807) is 0 Å². The standard InChI is InChI=1S/C31H53N3O4/c1-23-19-34(24(2)22-35)31(36)28-18-27(32(4)5)15-16-29(28)38-25(3)12-10-11-17-37-30(23)21-33(6)20-26-13-8-7-9-14-26/h15-16,18,23-26,30,35H,7-14,17,19-22H2,1-6H3/t23-,24+,25-,30+/m0/s1. The predicted molar refractivity (Wildman–Crippen MR) is 155 cm³/mol. The Morgan fingerprint density at radius 3 is 2.42 bits per heavy atom. The van der Waals surface area contributed by atoms with Crippen LogP contribution < -0.4 is 9.64 Å². The van der Waals surface area contributed by atoms with E-state index in [2.05, 4.69) is 25.8 Å². The molecule has 0 unspecified atom stereocenters. The first kappa shape index (κ1) is 30.7. The van der Waals surface area contributed by atoms with E-state index in [0.717, 1.165) is 44.0 Å². The van der Waals surface area contributed by atoms with Gasteiger partial charge in [0, 0.05) is 51.9 Å². The molecule has 1 N–H and O–H groups in total. The van der Waals surface area contributed by atoms with Gasteiger partial charge in [0.1, 0.15) is 5.75 Å². The van der Waals surface area contributed by atoms with Crippen LogP contribution in [-0.4, -0.2) is 93.1 Å². The van der Waals surface area contributed by atoms with Crippen LogP contribution in [0.2, 0.25) is 0 Å². The van der Waals surface area contributed by atoms with Gasteiger partial charge < -0.3 is 29.3 Å². The van der Waals surface area contributed by atoms with Gasteiger partial charge >= 0.3 is 0 Å². The second-order valence-electron chi connectivity index (χ2n) is 12.1. The second kappa shape index (κ2) is 15.1. The zero-order valence-electron chi connectivity index (χ0n) is 24.8. The maximum absolute atomic E-state index is 14.1. The SMILES string of the molecule is C[C@H](CO)N1C[C@H](C)[C@@H](CN(C)CC2CCCCC2)OCCCC[C@H](C)Oc2ccc(N(C)C)cc2C1=O. The maximum atomic E-state index is 14.1. The summed E-state index contributed by atoms with van der Waals surface area (Å²) in [4.78, 5) is 20.3. The molecular weight excluding hydrogens is 478 g/mol. The lowest BCUT2D eigenvalue weighted by Gasteiger charge is -2.36. The molecular formula is C31H53N3O4. The van der Waals surface area contributed by atoms with Crippen LogP contribution in [0.3, 0.4) is 0 Å². The first-order chi connectivity index (χ1) is 18.2. The fraction of sp³-hybridized carbons (Fsp3) is 0.774. The fourth-order valence-corrected chi connectivity index (χ4v) is 5.84. The monoisotopic (exact) mass is 531 g/mol. The Morgan fingerprint density at radius 1 is 1.03 bits per heavy atom. The van der Waals surface area contributed by atoms with Gasteiger partial charge in [-0.3, -0.25) is 4.79 Å².